The lowest BCUT2D eigenvalue weighted by atomic mass is 10.0. The predicted octanol–water partition coefficient (Wildman–Crippen LogP) is 4.33. The molecule has 39 heavy (non-hydrogen) atoms. The number of likely N-dealkylation sites (tertiary alicyclic amines) is 1. The van der Waals surface area contributed by atoms with E-state index in [0.29, 0.717) is 24.5 Å². The molecule has 0 unspecified atom stereocenters. The zero-order valence-electron chi connectivity index (χ0n) is 23.2. The lowest BCUT2D eigenvalue weighted by Crippen LogP contribution is -2.49. The number of halogens is 1. The fraction of sp³-hybridized carbons (Fsp3) is 0.519. The molecule has 0 radical (unpaired) electrons. The molecule has 1 aromatic rings. The number of alkyl halides is 1. The Labute approximate surface area is 231 Å². The molecule has 0 aromatic carbocycles. The first kappa shape index (κ1) is 27.3. The van der Waals surface area contributed by atoms with Gasteiger partial charge in [-0.3, -0.25) is 14.8 Å². The van der Waals surface area contributed by atoms with Gasteiger partial charge in [0.15, 0.2) is 5.84 Å². The molecule has 1 amide bonds. The molecule has 5 rings (SSSR count). The Kier molecular flexibility index (Phi) is 7.27. The minimum absolute atomic E-state index is 0.274. The molecular weight excluding hydrogens is 521 g/mol. The second kappa shape index (κ2) is 10.4. The molecule has 1 aromatic heterocycles. The highest BCUT2D eigenvalue weighted by atomic mass is 32.2. The summed E-state index contributed by atoms with van der Waals surface area (Å²) in [5, 5.41) is 19.9. The first-order chi connectivity index (χ1) is 18.5. The number of amidine groups is 1. The van der Waals surface area contributed by atoms with Crippen molar-refractivity contribution in [3.05, 3.63) is 45.9 Å². The monoisotopic (exact) mass is 555 g/mol. The van der Waals surface area contributed by atoms with Gasteiger partial charge in [0.2, 0.25) is 0 Å². The molecule has 4 heterocycles. The molecule has 0 saturated carbocycles. The SMILES string of the molecule is COc1c(C)cnc(Cn2nc3cc(CCN4CC(F)C4)c4c-3c(n2)C(N(C(=O)O)C(C)(C)C)=NSC4)c1C. The lowest BCUT2D eigenvalue weighted by Gasteiger charge is -2.34. The van der Waals surface area contributed by atoms with Gasteiger partial charge >= 0.3 is 6.09 Å². The molecule has 4 aliphatic rings. The van der Waals surface area contributed by atoms with Gasteiger partial charge in [-0.1, -0.05) is 0 Å². The van der Waals surface area contributed by atoms with Gasteiger partial charge in [-0.15, -0.1) is 0 Å². The summed E-state index contributed by atoms with van der Waals surface area (Å²) < 4.78 is 23.6. The number of methoxy groups -OCH3 is 1. The van der Waals surface area contributed by atoms with Gasteiger partial charge in [0, 0.05) is 53.8 Å². The normalized spacial score (nSPS) is 16.1. The Morgan fingerprint density at radius 2 is 2.03 bits per heavy atom. The molecule has 10 nitrogen and oxygen atoms in total. The molecular formula is C27H34FN7O3S. The third-order valence-electron chi connectivity index (χ3n) is 7.23. The molecule has 0 atom stereocenters. The van der Waals surface area contributed by atoms with Crippen molar-refractivity contribution >= 4 is 23.9 Å². The number of carboxylic acid groups (broad SMARTS) is 1. The summed E-state index contributed by atoms with van der Waals surface area (Å²) in [5.41, 5.74) is 6.02. The van der Waals surface area contributed by atoms with Crippen molar-refractivity contribution in [2.75, 3.05) is 26.7 Å². The van der Waals surface area contributed by atoms with Gasteiger partial charge in [0.05, 0.1) is 18.5 Å². The van der Waals surface area contributed by atoms with Gasteiger partial charge in [0.1, 0.15) is 24.2 Å². The first-order valence-electron chi connectivity index (χ1n) is 13.0. The van der Waals surface area contributed by atoms with Crippen LogP contribution < -0.4 is 4.74 Å². The molecule has 0 spiro atoms. The maximum atomic E-state index is 13.4. The molecule has 1 N–H and O–H groups in total. The molecule has 3 aliphatic heterocycles. The van der Waals surface area contributed by atoms with Crippen molar-refractivity contribution in [2.24, 2.45) is 4.40 Å². The molecule has 1 aliphatic carbocycles. The standard InChI is InChI=1S/C27H34FN7O3S/c1-15-10-29-21(16(2)24(15)38-6)13-34-30-20-9-17(7-8-33-11-18(28)12-33)19-14-39-32-25(23(31-34)22(19)20)35(26(36)37)27(3,4)5/h9-10,18H,7-8,11-14H2,1-6H3,(H,36,37). The Hall–Kier alpha value is -3.25. The summed E-state index contributed by atoms with van der Waals surface area (Å²) in [6.45, 7) is 11.4. The minimum atomic E-state index is -1.10. The van der Waals surface area contributed by atoms with E-state index in [9.17, 15) is 14.3 Å². The van der Waals surface area contributed by atoms with Gasteiger partial charge < -0.3 is 9.84 Å². The number of rotatable bonds is 6. The summed E-state index contributed by atoms with van der Waals surface area (Å²) in [6, 6.07) is 2.06. The van der Waals surface area contributed by atoms with Crippen molar-refractivity contribution in [1.29, 1.82) is 0 Å². The number of nitrogens with zero attached hydrogens (tertiary/aromatic N) is 7. The summed E-state index contributed by atoms with van der Waals surface area (Å²) in [4.78, 5) is 22.0. The van der Waals surface area contributed by atoms with E-state index in [-0.39, 0.29) is 12.4 Å². The van der Waals surface area contributed by atoms with Crippen molar-refractivity contribution in [1.82, 2.24) is 29.8 Å². The van der Waals surface area contributed by atoms with Crippen LogP contribution in [0.3, 0.4) is 0 Å². The minimum Gasteiger partial charge on any atom is -0.496 e. The third-order valence-corrected chi connectivity index (χ3v) is 7.95. The zero-order chi connectivity index (χ0) is 28.1. The topological polar surface area (TPSA) is 109 Å². The fourth-order valence-electron chi connectivity index (χ4n) is 5.29. The maximum absolute atomic E-state index is 13.4. The molecule has 1 saturated heterocycles. The third kappa shape index (κ3) is 5.19. The van der Waals surface area contributed by atoms with Crippen molar-refractivity contribution in [2.45, 2.75) is 65.0 Å². The quantitative estimate of drug-likeness (QED) is 0.448. The largest absolute Gasteiger partial charge is 0.496 e. The fourth-order valence-corrected chi connectivity index (χ4v) is 6.10. The van der Waals surface area contributed by atoms with Gasteiger partial charge in [-0.05, 0) is 70.2 Å². The van der Waals surface area contributed by atoms with Gasteiger partial charge in [-0.2, -0.15) is 19.4 Å². The Balaban J connectivity index is 1.62. The predicted molar refractivity (Wildman–Crippen MR) is 148 cm³/mol. The van der Waals surface area contributed by atoms with Crippen LogP contribution in [0.2, 0.25) is 0 Å². The van der Waals surface area contributed by atoms with Gasteiger partial charge in [-0.25, -0.2) is 9.18 Å². The van der Waals surface area contributed by atoms with Crippen molar-refractivity contribution < 1.29 is 19.0 Å². The zero-order valence-corrected chi connectivity index (χ0v) is 24.0. The van der Waals surface area contributed by atoms with Crippen molar-refractivity contribution in [3.8, 4) is 17.0 Å². The van der Waals surface area contributed by atoms with E-state index < -0.39 is 17.8 Å². The smallest absolute Gasteiger partial charge is 0.413 e. The second-order valence-corrected chi connectivity index (χ2v) is 11.8. The molecule has 12 heteroatoms. The Morgan fingerprint density at radius 1 is 1.28 bits per heavy atom. The number of hydrogen-bond acceptors (Lipinski definition) is 8. The first-order valence-corrected chi connectivity index (χ1v) is 13.9. The van der Waals surface area contributed by atoms with E-state index in [1.165, 1.54) is 16.8 Å². The number of pyridine rings is 1. The summed E-state index contributed by atoms with van der Waals surface area (Å²) >= 11 is 1.31. The summed E-state index contributed by atoms with van der Waals surface area (Å²) in [7, 11) is 1.64. The summed E-state index contributed by atoms with van der Waals surface area (Å²) in [5.74, 6) is 1.62. The van der Waals surface area contributed by atoms with Crippen LogP contribution in [0.5, 0.6) is 5.75 Å². The number of aryl methyl sites for hydroxylation is 1. The molecule has 0 bridgehead atoms. The average molecular weight is 556 g/mol. The molecule has 208 valence electrons. The number of aromatic nitrogens is 4. The van der Waals surface area contributed by atoms with E-state index >= 15 is 0 Å². The van der Waals surface area contributed by atoms with Crippen LogP contribution >= 0.6 is 11.9 Å². The van der Waals surface area contributed by atoms with E-state index in [1.807, 2.05) is 34.6 Å². The van der Waals surface area contributed by atoms with Crippen LogP contribution in [-0.4, -0.2) is 85.3 Å². The van der Waals surface area contributed by atoms with E-state index in [0.717, 1.165) is 57.9 Å². The second-order valence-electron chi connectivity index (χ2n) is 11.1. The van der Waals surface area contributed by atoms with Crippen LogP contribution in [0.25, 0.3) is 11.3 Å². The highest BCUT2D eigenvalue weighted by molar-refractivity contribution is 7.97. The van der Waals surface area contributed by atoms with E-state index in [1.54, 1.807) is 18.1 Å². The van der Waals surface area contributed by atoms with E-state index in [2.05, 4.69) is 20.3 Å². The lowest BCUT2D eigenvalue weighted by molar-refractivity contribution is 0.0670. The number of carbonyl (C=O) groups is 1. The average Bonchev–Trinajstić information content (AvgIpc) is 3.07. The van der Waals surface area contributed by atoms with Gasteiger partial charge in [0.25, 0.3) is 0 Å². The van der Waals surface area contributed by atoms with Crippen LogP contribution in [0.1, 0.15) is 54.4 Å². The number of amides is 1. The highest BCUT2D eigenvalue weighted by Crippen LogP contribution is 2.40. The number of hydrogen-bond donors (Lipinski definition) is 1. The van der Waals surface area contributed by atoms with E-state index in [4.69, 9.17) is 14.9 Å². The van der Waals surface area contributed by atoms with Crippen LogP contribution in [0, 0.1) is 13.8 Å². The van der Waals surface area contributed by atoms with Crippen LogP contribution in [-0.2, 0) is 18.7 Å². The molecule has 1 fully saturated rings. The number of ether oxygens (including phenoxy) is 1. The maximum Gasteiger partial charge on any atom is 0.413 e. The summed E-state index contributed by atoms with van der Waals surface area (Å²) in [6.07, 6.45) is 0.659. The highest BCUT2D eigenvalue weighted by Gasteiger charge is 2.38. The Bertz CT molecular complexity index is 1410. The van der Waals surface area contributed by atoms with Crippen LogP contribution in [0.4, 0.5) is 9.18 Å². The van der Waals surface area contributed by atoms with Crippen LogP contribution in [0.15, 0.2) is 16.7 Å². The Morgan fingerprint density at radius 3 is 2.67 bits per heavy atom. The van der Waals surface area contributed by atoms with Crippen molar-refractivity contribution in [3.63, 3.8) is 0 Å².